The molecule has 0 bridgehead atoms. The van der Waals surface area contributed by atoms with E-state index in [1.54, 1.807) is 25.0 Å². The Labute approximate surface area is 113 Å². The maximum absolute atomic E-state index is 12.4. The van der Waals surface area contributed by atoms with Gasteiger partial charge in [0.25, 0.3) is 0 Å². The molecule has 0 aliphatic heterocycles. The first-order chi connectivity index (χ1) is 9.02. The predicted molar refractivity (Wildman–Crippen MR) is 73.7 cm³/mol. The summed E-state index contributed by atoms with van der Waals surface area (Å²) in [6.45, 7) is 4.04. The normalized spacial score (nSPS) is 10.5. The molecule has 0 radical (unpaired) electrons. The van der Waals surface area contributed by atoms with Crippen LogP contribution in [-0.2, 0) is 13.5 Å². The first-order valence-electron chi connectivity index (χ1n) is 6.18. The van der Waals surface area contributed by atoms with Gasteiger partial charge in [-0.15, -0.1) is 0 Å². The molecule has 0 aliphatic rings. The van der Waals surface area contributed by atoms with Gasteiger partial charge in [0.05, 0.1) is 13.3 Å². The van der Waals surface area contributed by atoms with Gasteiger partial charge < -0.3 is 4.74 Å². The van der Waals surface area contributed by atoms with Crippen molar-refractivity contribution in [3.63, 3.8) is 0 Å². The van der Waals surface area contributed by atoms with E-state index in [0.29, 0.717) is 17.9 Å². The Morgan fingerprint density at radius 3 is 2.79 bits per heavy atom. The highest BCUT2D eigenvalue weighted by Gasteiger charge is 2.18. The van der Waals surface area contributed by atoms with Crippen molar-refractivity contribution in [2.75, 3.05) is 7.11 Å². The number of carbonyl (C=O) groups excluding carboxylic acids is 1. The third-order valence-electron chi connectivity index (χ3n) is 3.24. The Morgan fingerprint density at radius 1 is 1.37 bits per heavy atom. The third kappa shape index (κ3) is 2.67. The molecule has 0 unspecified atom stereocenters. The zero-order valence-electron chi connectivity index (χ0n) is 11.7. The lowest BCUT2D eigenvalue weighted by Crippen LogP contribution is -2.11. The maximum Gasteiger partial charge on any atom is 0.189 e. The smallest absolute Gasteiger partial charge is 0.189 e. The van der Waals surface area contributed by atoms with Crippen molar-refractivity contribution < 1.29 is 9.53 Å². The molecular weight excluding hydrogens is 240 g/mol. The van der Waals surface area contributed by atoms with Gasteiger partial charge in [0.1, 0.15) is 5.69 Å². The Hall–Kier alpha value is -2.10. The molecule has 0 saturated heterocycles. The largest absolute Gasteiger partial charge is 0.493 e. The first-order valence-corrected chi connectivity index (χ1v) is 6.18. The standard InChI is InChI=1S/C15H18N2O2/c1-10-5-6-11(2)12(7-10)8-13(18)15-14(19-4)9-16-17(15)3/h5-7,9H,8H2,1-4H3. The molecule has 2 rings (SSSR count). The Kier molecular flexibility index (Phi) is 3.69. The SMILES string of the molecule is COc1cnn(C)c1C(=O)Cc1cc(C)ccc1C. The first kappa shape index (κ1) is 13.3. The Balaban J connectivity index is 2.30. The highest BCUT2D eigenvalue weighted by atomic mass is 16.5. The van der Waals surface area contributed by atoms with Crippen LogP contribution in [0.5, 0.6) is 5.75 Å². The summed E-state index contributed by atoms with van der Waals surface area (Å²) < 4.78 is 6.74. The van der Waals surface area contributed by atoms with Crippen molar-refractivity contribution in [1.29, 1.82) is 0 Å². The average Bonchev–Trinajstić information content (AvgIpc) is 2.75. The van der Waals surface area contributed by atoms with E-state index in [9.17, 15) is 4.79 Å². The summed E-state index contributed by atoms with van der Waals surface area (Å²) in [6.07, 6.45) is 1.93. The molecule has 4 nitrogen and oxygen atoms in total. The highest BCUT2D eigenvalue weighted by Crippen LogP contribution is 2.20. The van der Waals surface area contributed by atoms with E-state index in [2.05, 4.69) is 11.2 Å². The molecule has 0 aliphatic carbocycles. The van der Waals surface area contributed by atoms with Crippen LogP contribution in [0.3, 0.4) is 0 Å². The van der Waals surface area contributed by atoms with Crippen molar-refractivity contribution in [1.82, 2.24) is 9.78 Å². The molecular formula is C15H18N2O2. The van der Waals surface area contributed by atoms with Gasteiger partial charge >= 0.3 is 0 Å². The number of benzene rings is 1. The topological polar surface area (TPSA) is 44.1 Å². The van der Waals surface area contributed by atoms with E-state index in [1.165, 1.54) is 0 Å². The summed E-state index contributed by atoms with van der Waals surface area (Å²) in [5.41, 5.74) is 3.85. The van der Waals surface area contributed by atoms with Crippen molar-refractivity contribution in [3.8, 4) is 5.75 Å². The number of aromatic nitrogens is 2. The summed E-state index contributed by atoms with van der Waals surface area (Å²) in [5, 5.41) is 4.06. The lowest BCUT2D eigenvalue weighted by molar-refractivity contribution is 0.0980. The molecule has 0 N–H and O–H groups in total. The van der Waals surface area contributed by atoms with Gasteiger partial charge in [0, 0.05) is 13.5 Å². The molecule has 1 aromatic carbocycles. The molecule has 0 fully saturated rings. The van der Waals surface area contributed by atoms with E-state index in [4.69, 9.17) is 4.74 Å². The lowest BCUT2D eigenvalue weighted by atomic mass is 9.99. The predicted octanol–water partition coefficient (Wildman–Crippen LogP) is 2.47. The van der Waals surface area contributed by atoms with Crippen molar-refractivity contribution in [2.45, 2.75) is 20.3 Å². The van der Waals surface area contributed by atoms with E-state index in [0.717, 1.165) is 16.7 Å². The summed E-state index contributed by atoms with van der Waals surface area (Å²) in [6, 6.07) is 6.14. The molecule has 4 heteroatoms. The van der Waals surface area contributed by atoms with Crippen LogP contribution in [0.1, 0.15) is 27.2 Å². The molecule has 0 amide bonds. The second-order valence-corrected chi connectivity index (χ2v) is 4.72. The third-order valence-corrected chi connectivity index (χ3v) is 3.24. The highest BCUT2D eigenvalue weighted by molar-refractivity contribution is 5.98. The molecule has 0 spiro atoms. The number of ketones is 1. The zero-order valence-corrected chi connectivity index (χ0v) is 11.7. The van der Waals surface area contributed by atoms with Crippen LogP contribution in [0.25, 0.3) is 0 Å². The maximum atomic E-state index is 12.4. The van der Waals surface area contributed by atoms with Crippen LogP contribution in [0.15, 0.2) is 24.4 Å². The number of rotatable bonds is 4. The van der Waals surface area contributed by atoms with Crippen molar-refractivity contribution in [3.05, 3.63) is 46.8 Å². The fourth-order valence-corrected chi connectivity index (χ4v) is 2.13. The van der Waals surface area contributed by atoms with Gasteiger partial charge in [-0.1, -0.05) is 23.8 Å². The second kappa shape index (κ2) is 5.26. The van der Waals surface area contributed by atoms with Crippen LogP contribution in [-0.4, -0.2) is 22.7 Å². The van der Waals surface area contributed by atoms with Gasteiger partial charge in [-0.3, -0.25) is 9.48 Å². The van der Waals surface area contributed by atoms with Crippen LogP contribution in [0.2, 0.25) is 0 Å². The Bertz CT molecular complexity index is 615. The number of methoxy groups -OCH3 is 1. The number of aryl methyl sites for hydroxylation is 3. The number of ether oxygens (including phenoxy) is 1. The molecule has 1 aromatic heterocycles. The Morgan fingerprint density at radius 2 is 2.11 bits per heavy atom. The molecule has 0 saturated carbocycles. The van der Waals surface area contributed by atoms with E-state index in [1.807, 2.05) is 26.0 Å². The van der Waals surface area contributed by atoms with Crippen LogP contribution >= 0.6 is 0 Å². The quantitative estimate of drug-likeness (QED) is 0.791. The zero-order chi connectivity index (χ0) is 14.0. The minimum Gasteiger partial charge on any atom is -0.493 e. The fourth-order valence-electron chi connectivity index (χ4n) is 2.13. The van der Waals surface area contributed by atoms with Gasteiger partial charge in [-0.2, -0.15) is 5.10 Å². The number of Topliss-reactive ketones (excluding diaryl/α,β-unsaturated/α-hetero) is 1. The monoisotopic (exact) mass is 258 g/mol. The molecule has 19 heavy (non-hydrogen) atoms. The number of hydrogen-bond acceptors (Lipinski definition) is 3. The minimum absolute atomic E-state index is 0.0190. The van der Waals surface area contributed by atoms with Crippen LogP contribution in [0, 0.1) is 13.8 Å². The number of carbonyl (C=O) groups is 1. The van der Waals surface area contributed by atoms with Gasteiger partial charge in [-0.05, 0) is 25.0 Å². The van der Waals surface area contributed by atoms with Gasteiger partial charge in [0.2, 0.25) is 0 Å². The van der Waals surface area contributed by atoms with Gasteiger partial charge in [-0.25, -0.2) is 0 Å². The van der Waals surface area contributed by atoms with E-state index < -0.39 is 0 Å². The van der Waals surface area contributed by atoms with E-state index in [-0.39, 0.29) is 5.78 Å². The molecule has 0 atom stereocenters. The van der Waals surface area contributed by atoms with Crippen molar-refractivity contribution in [2.24, 2.45) is 7.05 Å². The van der Waals surface area contributed by atoms with Gasteiger partial charge in [0.15, 0.2) is 11.5 Å². The van der Waals surface area contributed by atoms with Crippen molar-refractivity contribution >= 4 is 5.78 Å². The minimum atomic E-state index is 0.0190. The summed E-state index contributed by atoms with van der Waals surface area (Å²) in [4.78, 5) is 12.4. The van der Waals surface area contributed by atoms with Crippen LogP contribution in [0.4, 0.5) is 0 Å². The molecule has 100 valence electrons. The van der Waals surface area contributed by atoms with Crippen LogP contribution < -0.4 is 4.74 Å². The second-order valence-electron chi connectivity index (χ2n) is 4.72. The number of nitrogens with zero attached hydrogens (tertiary/aromatic N) is 2. The summed E-state index contributed by atoms with van der Waals surface area (Å²) in [5.74, 6) is 0.545. The van der Waals surface area contributed by atoms with E-state index >= 15 is 0 Å². The molecule has 2 aromatic rings. The number of hydrogen-bond donors (Lipinski definition) is 0. The average molecular weight is 258 g/mol. The summed E-state index contributed by atoms with van der Waals surface area (Å²) >= 11 is 0. The summed E-state index contributed by atoms with van der Waals surface area (Å²) in [7, 11) is 3.30. The lowest BCUT2D eigenvalue weighted by Gasteiger charge is -2.08. The molecule has 1 heterocycles. The fraction of sp³-hybridized carbons (Fsp3) is 0.333.